The molecule has 0 saturated heterocycles. The Morgan fingerprint density at radius 3 is 2.47 bits per heavy atom. The van der Waals surface area contributed by atoms with E-state index in [1.165, 1.54) is 6.07 Å². The number of ether oxygens (including phenoxy) is 2. The number of hydrogen-bond acceptors (Lipinski definition) is 3. The molecule has 3 rings (SSSR count). The van der Waals surface area contributed by atoms with Gasteiger partial charge in [0.05, 0.1) is 7.11 Å². The number of rotatable bonds is 9. The zero-order chi connectivity index (χ0) is 20.6. The lowest BCUT2D eigenvalue weighted by Gasteiger charge is -2.13. The van der Waals surface area contributed by atoms with Gasteiger partial charge in [-0.25, -0.2) is 4.39 Å². The Morgan fingerprint density at radius 2 is 1.73 bits per heavy atom. The van der Waals surface area contributed by atoms with Crippen LogP contribution >= 0.6 is 35.6 Å². The largest absolute Gasteiger partial charge is 0.493 e. The summed E-state index contributed by atoms with van der Waals surface area (Å²) < 4.78 is 25.0. The second-order valence-electron chi connectivity index (χ2n) is 6.53. The molecule has 0 aliphatic heterocycles. The molecule has 0 radical (unpaired) electrons. The predicted octanol–water partition coefficient (Wildman–Crippen LogP) is 6.47. The van der Waals surface area contributed by atoms with Gasteiger partial charge in [-0.15, -0.1) is 12.4 Å². The van der Waals surface area contributed by atoms with Crippen LogP contribution in [0.2, 0.25) is 10.0 Å². The quantitative estimate of drug-likeness (QED) is 0.363. The fourth-order valence-corrected chi connectivity index (χ4v) is 3.36. The zero-order valence-corrected chi connectivity index (χ0v) is 18.8. The summed E-state index contributed by atoms with van der Waals surface area (Å²) in [5.74, 6) is 1.11. The van der Waals surface area contributed by atoms with Gasteiger partial charge in [0.25, 0.3) is 0 Å². The molecule has 0 amide bonds. The van der Waals surface area contributed by atoms with E-state index in [1.54, 1.807) is 31.4 Å². The van der Waals surface area contributed by atoms with Crippen LogP contribution in [0.15, 0.2) is 60.7 Å². The third kappa shape index (κ3) is 6.78. The molecule has 0 fully saturated rings. The lowest BCUT2D eigenvalue weighted by atomic mass is 10.1. The molecule has 0 heterocycles. The predicted molar refractivity (Wildman–Crippen MR) is 123 cm³/mol. The van der Waals surface area contributed by atoms with Crippen LogP contribution in [0.4, 0.5) is 4.39 Å². The highest BCUT2D eigenvalue weighted by molar-refractivity contribution is 6.35. The van der Waals surface area contributed by atoms with Crippen molar-refractivity contribution in [3.63, 3.8) is 0 Å². The van der Waals surface area contributed by atoms with Crippen molar-refractivity contribution in [3.8, 4) is 11.5 Å². The molecule has 0 saturated carbocycles. The van der Waals surface area contributed by atoms with E-state index in [1.807, 2.05) is 30.3 Å². The Hall–Kier alpha value is -1.98. The lowest BCUT2D eigenvalue weighted by Crippen LogP contribution is -2.17. The van der Waals surface area contributed by atoms with Crippen LogP contribution in [0.3, 0.4) is 0 Å². The molecule has 0 atom stereocenters. The number of hydrogen-bond donors (Lipinski definition) is 1. The zero-order valence-electron chi connectivity index (χ0n) is 16.5. The molecular weight excluding hydrogens is 448 g/mol. The molecule has 1 N–H and O–H groups in total. The van der Waals surface area contributed by atoms with Crippen LogP contribution in [0.5, 0.6) is 11.5 Å². The summed E-state index contributed by atoms with van der Waals surface area (Å²) in [5.41, 5.74) is 2.60. The summed E-state index contributed by atoms with van der Waals surface area (Å²) in [7, 11) is 1.60. The average Bonchev–Trinajstić information content (AvgIpc) is 2.72. The summed E-state index contributed by atoms with van der Waals surface area (Å²) in [6.45, 7) is 1.64. The normalized spacial score (nSPS) is 10.4. The maximum atomic E-state index is 13.6. The second-order valence-corrected chi connectivity index (χ2v) is 7.37. The van der Waals surface area contributed by atoms with Gasteiger partial charge >= 0.3 is 0 Å². The van der Waals surface area contributed by atoms with E-state index in [4.69, 9.17) is 32.7 Å². The molecule has 30 heavy (non-hydrogen) atoms. The first-order chi connectivity index (χ1) is 14.1. The molecule has 0 aliphatic rings. The second kappa shape index (κ2) is 12.0. The summed E-state index contributed by atoms with van der Waals surface area (Å²) >= 11 is 12.1. The first kappa shape index (κ1) is 24.3. The minimum atomic E-state index is -0.168. The van der Waals surface area contributed by atoms with E-state index < -0.39 is 0 Å². The number of methoxy groups -OCH3 is 1. The topological polar surface area (TPSA) is 30.5 Å². The Kier molecular flexibility index (Phi) is 9.73. The van der Waals surface area contributed by atoms with Crippen molar-refractivity contribution >= 4 is 35.6 Å². The summed E-state index contributed by atoms with van der Waals surface area (Å²) in [6, 6.07) is 17.9. The minimum absolute atomic E-state index is 0. The third-order valence-corrected chi connectivity index (χ3v) is 5.07. The van der Waals surface area contributed by atoms with Crippen molar-refractivity contribution in [2.75, 3.05) is 13.7 Å². The molecule has 3 aromatic carbocycles. The first-order valence-corrected chi connectivity index (χ1v) is 10.00. The van der Waals surface area contributed by atoms with E-state index >= 15 is 0 Å². The highest BCUT2D eigenvalue weighted by Gasteiger charge is 2.08. The van der Waals surface area contributed by atoms with E-state index in [9.17, 15) is 4.39 Å². The highest BCUT2D eigenvalue weighted by Crippen LogP contribution is 2.30. The molecule has 0 aromatic heterocycles. The molecule has 0 bridgehead atoms. The Bertz CT molecular complexity index is 969. The van der Waals surface area contributed by atoms with Crippen LogP contribution in [0, 0.1) is 5.82 Å². The van der Waals surface area contributed by atoms with Gasteiger partial charge in [-0.1, -0.05) is 53.5 Å². The van der Waals surface area contributed by atoms with Gasteiger partial charge in [-0.3, -0.25) is 0 Å². The number of benzene rings is 3. The Labute approximate surface area is 192 Å². The Balaban J connectivity index is 0.00000320. The SMILES string of the molecule is COc1cc(CNCCc2ccccc2F)ccc1OCc1ccc(Cl)cc1Cl.Cl. The highest BCUT2D eigenvalue weighted by atomic mass is 35.5. The summed E-state index contributed by atoms with van der Waals surface area (Å²) in [4.78, 5) is 0. The van der Waals surface area contributed by atoms with Crippen molar-refractivity contribution in [2.24, 2.45) is 0 Å². The maximum absolute atomic E-state index is 13.6. The number of halogens is 4. The summed E-state index contributed by atoms with van der Waals surface area (Å²) in [5, 5.41) is 4.47. The molecule has 0 unspecified atom stereocenters. The van der Waals surface area contributed by atoms with Gasteiger partial charge in [0.2, 0.25) is 0 Å². The maximum Gasteiger partial charge on any atom is 0.161 e. The molecular formula is C23H23Cl3FNO2. The van der Waals surface area contributed by atoms with Gasteiger partial charge in [-0.2, -0.15) is 0 Å². The van der Waals surface area contributed by atoms with Gasteiger partial charge in [0.15, 0.2) is 11.5 Å². The number of nitrogens with one attached hydrogen (secondary N) is 1. The third-order valence-electron chi connectivity index (χ3n) is 4.48. The minimum Gasteiger partial charge on any atom is -0.493 e. The van der Waals surface area contributed by atoms with Gasteiger partial charge in [-0.05, 0) is 54.4 Å². The van der Waals surface area contributed by atoms with E-state index in [-0.39, 0.29) is 18.2 Å². The van der Waals surface area contributed by atoms with Crippen molar-refractivity contribution in [3.05, 3.63) is 93.2 Å². The molecule has 3 aromatic rings. The lowest BCUT2D eigenvalue weighted by molar-refractivity contribution is 0.284. The molecule has 160 valence electrons. The molecule has 7 heteroatoms. The fraction of sp³-hybridized carbons (Fsp3) is 0.217. The molecule has 3 nitrogen and oxygen atoms in total. The van der Waals surface area contributed by atoms with Crippen LogP contribution in [-0.2, 0) is 19.6 Å². The Morgan fingerprint density at radius 1 is 0.933 bits per heavy atom. The molecule has 0 spiro atoms. The standard InChI is InChI=1S/C23H22Cl2FNO2.ClH/c1-28-23-12-16(14-27-11-10-17-4-2-3-5-21(17)26)6-9-22(23)29-15-18-7-8-19(24)13-20(18)25;/h2-9,12-13,27H,10-11,14-15H2,1H3;1H. The monoisotopic (exact) mass is 469 g/mol. The van der Waals surface area contributed by atoms with Crippen molar-refractivity contribution in [2.45, 2.75) is 19.6 Å². The average molecular weight is 471 g/mol. The van der Waals surface area contributed by atoms with Crippen LogP contribution in [0.1, 0.15) is 16.7 Å². The van der Waals surface area contributed by atoms with Crippen LogP contribution in [-0.4, -0.2) is 13.7 Å². The summed E-state index contributed by atoms with van der Waals surface area (Å²) in [6.07, 6.45) is 0.632. The van der Waals surface area contributed by atoms with Crippen LogP contribution < -0.4 is 14.8 Å². The van der Waals surface area contributed by atoms with Gasteiger partial charge in [0.1, 0.15) is 12.4 Å². The van der Waals surface area contributed by atoms with E-state index in [0.29, 0.717) is 53.2 Å². The van der Waals surface area contributed by atoms with E-state index in [2.05, 4.69) is 5.32 Å². The first-order valence-electron chi connectivity index (χ1n) is 9.24. The molecule has 0 aliphatic carbocycles. The van der Waals surface area contributed by atoms with Crippen molar-refractivity contribution in [1.29, 1.82) is 0 Å². The smallest absolute Gasteiger partial charge is 0.161 e. The van der Waals surface area contributed by atoms with Crippen molar-refractivity contribution < 1.29 is 13.9 Å². The van der Waals surface area contributed by atoms with Gasteiger partial charge in [0, 0.05) is 22.2 Å². The van der Waals surface area contributed by atoms with Crippen LogP contribution in [0.25, 0.3) is 0 Å². The van der Waals surface area contributed by atoms with Gasteiger partial charge < -0.3 is 14.8 Å². The van der Waals surface area contributed by atoms with E-state index in [0.717, 1.165) is 11.1 Å². The van der Waals surface area contributed by atoms with Crippen molar-refractivity contribution in [1.82, 2.24) is 5.32 Å². The fourth-order valence-electron chi connectivity index (χ4n) is 2.89.